The molecule has 0 aliphatic carbocycles. The van der Waals surface area contributed by atoms with Gasteiger partial charge in [-0.1, -0.05) is 0 Å². The van der Waals surface area contributed by atoms with Crippen LogP contribution in [-0.2, 0) is 11.2 Å². The van der Waals surface area contributed by atoms with E-state index < -0.39 is 5.97 Å². The second-order valence-corrected chi connectivity index (χ2v) is 3.93. The van der Waals surface area contributed by atoms with Crippen molar-refractivity contribution in [3.05, 3.63) is 24.3 Å². The summed E-state index contributed by atoms with van der Waals surface area (Å²) in [6.07, 6.45) is 3.31. The van der Waals surface area contributed by atoms with Crippen molar-refractivity contribution in [2.45, 2.75) is 26.3 Å². The lowest BCUT2D eigenvalue weighted by molar-refractivity contribution is -0.136. The van der Waals surface area contributed by atoms with Crippen molar-refractivity contribution in [1.29, 1.82) is 0 Å². The van der Waals surface area contributed by atoms with Crippen molar-refractivity contribution >= 4 is 17.0 Å². The molecule has 0 bridgehead atoms. The Hall–Kier alpha value is -1.91. The molecule has 0 aliphatic rings. The Morgan fingerprint density at radius 1 is 1.56 bits per heavy atom. The van der Waals surface area contributed by atoms with Crippen molar-refractivity contribution in [1.82, 2.24) is 14.5 Å². The SMILES string of the molecule is CC(C)n1c(CC(=O)O)nc2ccncc21. The first-order valence-electron chi connectivity index (χ1n) is 5.12. The molecule has 0 radical (unpaired) electrons. The lowest BCUT2D eigenvalue weighted by Crippen LogP contribution is -2.11. The van der Waals surface area contributed by atoms with E-state index in [1.54, 1.807) is 18.5 Å². The minimum Gasteiger partial charge on any atom is -0.481 e. The number of carbonyl (C=O) groups is 1. The first kappa shape index (κ1) is 10.6. The van der Waals surface area contributed by atoms with E-state index in [2.05, 4.69) is 9.97 Å². The molecule has 2 rings (SSSR count). The number of aliphatic carboxylic acids is 1. The topological polar surface area (TPSA) is 68.0 Å². The number of carboxylic acids is 1. The van der Waals surface area contributed by atoms with Crippen molar-refractivity contribution in [2.75, 3.05) is 0 Å². The quantitative estimate of drug-likeness (QED) is 0.852. The Bertz CT molecular complexity index is 531. The van der Waals surface area contributed by atoms with Gasteiger partial charge in [0.2, 0.25) is 0 Å². The number of imidazole rings is 1. The summed E-state index contributed by atoms with van der Waals surface area (Å²) in [5.41, 5.74) is 1.67. The lowest BCUT2D eigenvalue weighted by Gasteiger charge is -2.11. The van der Waals surface area contributed by atoms with E-state index in [4.69, 9.17) is 5.11 Å². The highest BCUT2D eigenvalue weighted by Gasteiger charge is 2.15. The highest BCUT2D eigenvalue weighted by molar-refractivity contribution is 5.77. The average Bonchev–Trinajstić information content (AvgIpc) is 2.53. The van der Waals surface area contributed by atoms with E-state index in [1.165, 1.54) is 0 Å². The summed E-state index contributed by atoms with van der Waals surface area (Å²) in [6.45, 7) is 4.00. The van der Waals surface area contributed by atoms with Crippen LogP contribution in [0.2, 0.25) is 0 Å². The predicted molar refractivity (Wildman–Crippen MR) is 59.3 cm³/mol. The van der Waals surface area contributed by atoms with E-state index in [1.807, 2.05) is 18.4 Å². The number of carboxylic acid groups (broad SMARTS) is 1. The number of fused-ring (bicyclic) bond motifs is 1. The third kappa shape index (κ3) is 1.76. The maximum Gasteiger partial charge on any atom is 0.311 e. The number of pyridine rings is 1. The van der Waals surface area contributed by atoms with Crippen molar-refractivity contribution < 1.29 is 9.90 Å². The van der Waals surface area contributed by atoms with Gasteiger partial charge in [0.15, 0.2) is 0 Å². The molecular formula is C11H13N3O2. The summed E-state index contributed by atoms with van der Waals surface area (Å²) in [5.74, 6) is -0.296. The average molecular weight is 219 g/mol. The van der Waals surface area contributed by atoms with Crippen LogP contribution in [0.15, 0.2) is 18.5 Å². The molecular weight excluding hydrogens is 206 g/mol. The van der Waals surface area contributed by atoms with Crippen LogP contribution in [-0.4, -0.2) is 25.6 Å². The molecule has 0 amide bonds. The zero-order valence-electron chi connectivity index (χ0n) is 9.21. The van der Waals surface area contributed by atoms with Gasteiger partial charge in [-0.2, -0.15) is 0 Å². The third-order valence-corrected chi connectivity index (χ3v) is 2.39. The molecule has 0 aromatic carbocycles. The van der Waals surface area contributed by atoms with E-state index >= 15 is 0 Å². The van der Waals surface area contributed by atoms with Gasteiger partial charge in [-0.25, -0.2) is 4.98 Å². The summed E-state index contributed by atoms with van der Waals surface area (Å²) in [4.78, 5) is 19.1. The predicted octanol–water partition coefficient (Wildman–Crippen LogP) is 1.64. The monoisotopic (exact) mass is 219 g/mol. The van der Waals surface area contributed by atoms with Gasteiger partial charge < -0.3 is 9.67 Å². The number of nitrogens with zero attached hydrogens (tertiary/aromatic N) is 3. The maximum atomic E-state index is 10.8. The fourth-order valence-electron chi connectivity index (χ4n) is 1.83. The van der Waals surface area contributed by atoms with Crippen LogP contribution in [0, 0.1) is 0 Å². The van der Waals surface area contributed by atoms with Gasteiger partial charge >= 0.3 is 5.97 Å². The van der Waals surface area contributed by atoms with Crippen molar-refractivity contribution in [3.8, 4) is 0 Å². The van der Waals surface area contributed by atoms with Gasteiger partial charge in [-0.15, -0.1) is 0 Å². The minimum absolute atomic E-state index is 0.0626. The zero-order chi connectivity index (χ0) is 11.7. The van der Waals surface area contributed by atoms with Crippen LogP contribution < -0.4 is 0 Å². The molecule has 0 unspecified atom stereocenters. The van der Waals surface area contributed by atoms with Crippen LogP contribution in [0.4, 0.5) is 0 Å². The summed E-state index contributed by atoms with van der Waals surface area (Å²) < 4.78 is 1.91. The molecule has 0 saturated carbocycles. The molecule has 84 valence electrons. The van der Waals surface area contributed by atoms with Crippen molar-refractivity contribution in [3.63, 3.8) is 0 Å². The lowest BCUT2D eigenvalue weighted by atomic mass is 10.3. The summed E-state index contributed by atoms with van der Waals surface area (Å²) in [7, 11) is 0. The molecule has 16 heavy (non-hydrogen) atoms. The van der Waals surface area contributed by atoms with Crippen LogP contribution in [0.25, 0.3) is 11.0 Å². The highest BCUT2D eigenvalue weighted by atomic mass is 16.4. The van der Waals surface area contributed by atoms with Crippen LogP contribution in [0.1, 0.15) is 25.7 Å². The minimum atomic E-state index is -0.870. The Morgan fingerprint density at radius 2 is 2.31 bits per heavy atom. The number of hydrogen-bond donors (Lipinski definition) is 1. The molecule has 0 aliphatic heterocycles. The van der Waals surface area contributed by atoms with Crippen LogP contribution in [0.5, 0.6) is 0 Å². The number of aromatic nitrogens is 3. The summed E-state index contributed by atoms with van der Waals surface area (Å²) >= 11 is 0. The Balaban J connectivity index is 2.63. The molecule has 2 heterocycles. The van der Waals surface area contributed by atoms with E-state index in [9.17, 15) is 4.79 Å². The Labute approximate surface area is 92.8 Å². The normalized spacial score (nSPS) is 11.2. The van der Waals surface area contributed by atoms with Gasteiger partial charge in [0.05, 0.1) is 17.2 Å². The second kappa shape index (κ2) is 3.92. The number of rotatable bonds is 3. The van der Waals surface area contributed by atoms with Gasteiger partial charge in [-0.05, 0) is 19.9 Å². The fourth-order valence-corrected chi connectivity index (χ4v) is 1.83. The zero-order valence-corrected chi connectivity index (χ0v) is 9.21. The molecule has 2 aromatic rings. The number of hydrogen-bond acceptors (Lipinski definition) is 3. The molecule has 5 nitrogen and oxygen atoms in total. The summed E-state index contributed by atoms with van der Waals surface area (Å²) in [5, 5.41) is 8.83. The fraction of sp³-hybridized carbons (Fsp3) is 0.364. The molecule has 1 N–H and O–H groups in total. The van der Waals surface area contributed by atoms with Gasteiger partial charge in [-0.3, -0.25) is 9.78 Å². The smallest absolute Gasteiger partial charge is 0.311 e. The largest absolute Gasteiger partial charge is 0.481 e. The van der Waals surface area contributed by atoms with Crippen LogP contribution >= 0.6 is 0 Å². The van der Waals surface area contributed by atoms with E-state index in [0.717, 1.165) is 11.0 Å². The molecule has 0 fully saturated rings. The summed E-state index contributed by atoms with van der Waals surface area (Å²) in [6, 6.07) is 1.96. The van der Waals surface area contributed by atoms with Gasteiger partial charge in [0.1, 0.15) is 12.2 Å². The molecule has 0 atom stereocenters. The molecule has 0 spiro atoms. The van der Waals surface area contributed by atoms with E-state index in [-0.39, 0.29) is 12.5 Å². The Kier molecular flexibility index (Phi) is 2.60. The first-order valence-corrected chi connectivity index (χ1v) is 5.12. The highest BCUT2D eigenvalue weighted by Crippen LogP contribution is 2.20. The van der Waals surface area contributed by atoms with Gasteiger partial charge in [0, 0.05) is 12.2 Å². The first-order chi connectivity index (χ1) is 7.59. The molecule has 2 aromatic heterocycles. The second-order valence-electron chi connectivity index (χ2n) is 3.93. The standard InChI is InChI=1S/C11H13N3O2/c1-7(2)14-9-6-12-4-3-8(9)13-10(14)5-11(15)16/h3-4,6-7H,5H2,1-2H3,(H,15,16). The third-order valence-electron chi connectivity index (χ3n) is 2.39. The van der Waals surface area contributed by atoms with Gasteiger partial charge in [0.25, 0.3) is 0 Å². The Morgan fingerprint density at radius 3 is 2.94 bits per heavy atom. The molecule has 5 heteroatoms. The maximum absolute atomic E-state index is 10.8. The molecule has 0 saturated heterocycles. The van der Waals surface area contributed by atoms with Crippen molar-refractivity contribution in [2.24, 2.45) is 0 Å². The van der Waals surface area contributed by atoms with Crippen LogP contribution in [0.3, 0.4) is 0 Å². The van der Waals surface area contributed by atoms with E-state index in [0.29, 0.717) is 5.82 Å².